The fraction of sp³-hybridized carbons (Fsp3) is 0.314. The lowest BCUT2D eigenvalue weighted by Crippen LogP contribution is -2.36. The Morgan fingerprint density at radius 1 is 0.692 bits per heavy atom. The summed E-state index contributed by atoms with van der Waals surface area (Å²) < 4.78 is 11.4. The monoisotopic (exact) mass is 535 g/mol. The number of anilines is 3. The van der Waals surface area contributed by atoms with Gasteiger partial charge in [0.2, 0.25) is 0 Å². The molecular formula is C35H41NO2Si. The van der Waals surface area contributed by atoms with Crippen molar-refractivity contribution in [2.75, 3.05) is 19.1 Å². The van der Waals surface area contributed by atoms with Crippen molar-refractivity contribution in [3.05, 3.63) is 113 Å². The summed E-state index contributed by atoms with van der Waals surface area (Å²) in [5.74, 6) is 0. The van der Waals surface area contributed by atoms with E-state index < -0.39 is 8.56 Å². The Kier molecular flexibility index (Phi) is 7.81. The molecular weight excluding hydrogens is 494 g/mol. The smallest absolute Gasteiger partial charge is 0.334 e. The van der Waals surface area contributed by atoms with Crippen LogP contribution < -0.4 is 4.90 Å². The Bertz CT molecular complexity index is 1430. The zero-order valence-corrected chi connectivity index (χ0v) is 25.3. The van der Waals surface area contributed by atoms with E-state index in [4.69, 9.17) is 8.85 Å². The zero-order valence-electron chi connectivity index (χ0n) is 24.3. The van der Waals surface area contributed by atoms with Gasteiger partial charge in [-0.15, -0.1) is 0 Å². The van der Waals surface area contributed by atoms with Gasteiger partial charge in [0.15, 0.2) is 0 Å². The molecule has 4 aromatic carbocycles. The number of aryl methyl sites for hydroxylation is 2. The summed E-state index contributed by atoms with van der Waals surface area (Å²) in [6.07, 6.45) is 3.04. The minimum Gasteiger partial charge on any atom is -0.398 e. The molecule has 1 aliphatic carbocycles. The first kappa shape index (κ1) is 27.4. The van der Waals surface area contributed by atoms with E-state index in [2.05, 4.69) is 123 Å². The summed E-state index contributed by atoms with van der Waals surface area (Å²) >= 11 is 0. The first-order valence-electron chi connectivity index (χ1n) is 14.2. The van der Waals surface area contributed by atoms with Crippen LogP contribution in [0.2, 0.25) is 12.6 Å². The summed E-state index contributed by atoms with van der Waals surface area (Å²) in [6, 6.07) is 34.9. The second kappa shape index (κ2) is 11.1. The van der Waals surface area contributed by atoms with Gasteiger partial charge in [0, 0.05) is 36.7 Å². The van der Waals surface area contributed by atoms with Crippen LogP contribution in [-0.2, 0) is 27.1 Å². The minimum absolute atomic E-state index is 0.00275. The molecule has 0 saturated carbocycles. The Morgan fingerprint density at radius 2 is 1.26 bits per heavy atom. The molecule has 0 amide bonds. The predicted octanol–water partition coefficient (Wildman–Crippen LogP) is 9.32. The molecule has 0 fully saturated rings. The molecule has 4 aromatic rings. The molecule has 4 heteroatoms. The van der Waals surface area contributed by atoms with Gasteiger partial charge in [-0.05, 0) is 102 Å². The highest BCUT2D eigenvalue weighted by Gasteiger charge is 2.38. The number of rotatable bonds is 10. The van der Waals surface area contributed by atoms with E-state index in [0.717, 1.165) is 31.0 Å². The largest absolute Gasteiger partial charge is 0.398 e. The highest BCUT2D eigenvalue weighted by atomic mass is 28.4. The summed E-state index contributed by atoms with van der Waals surface area (Å²) in [5.41, 5.74) is 11.8. The van der Waals surface area contributed by atoms with Gasteiger partial charge in [-0.2, -0.15) is 0 Å². The standard InChI is InChI=1S/C35H41NO2Si/c1-7-26-13-17-28(18-14-26)36(29-19-15-27(16-20-29)23-24-39(6,37-4)38-5)30-21-22-32-31-11-9-10-12-33(31)35(3,8-2)34(32)25-30/h9-22,25H,7-8,23-24H2,1-6H3. The lowest BCUT2D eigenvalue weighted by atomic mass is 9.78. The van der Waals surface area contributed by atoms with E-state index in [9.17, 15) is 0 Å². The molecule has 0 spiro atoms. The number of nitrogens with zero attached hydrogens (tertiary/aromatic N) is 1. The van der Waals surface area contributed by atoms with Crippen molar-refractivity contribution >= 4 is 25.6 Å². The Morgan fingerprint density at radius 3 is 1.85 bits per heavy atom. The maximum Gasteiger partial charge on any atom is 0.334 e. The fourth-order valence-corrected chi connectivity index (χ4v) is 7.20. The van der Waals surface area contributed by atoms with Crippen molar-refractivity contribution in [2.45, 2.75) is 58.0 Å². The Hall–Kier alpha value is -3.18. The second-order valence-electron chi connectivity index (χ2n) is 11.0. The lowest BCUT2D eigenvalue weighted by Gasteiger charge is -2.29. The van der Waals surface area contributed by atoms with Crippen molar-refractivity contribution in [2.24, 2.45) is 0 Å². The fourth-order valence-electron chi connectivity index (χ4n) is 5.89. The number of hydrogen-bond donors (Lipinski definition) is 0. The normalized spacial score (nSPS) is 16.2. The molecule has 0 aromatic heterocycles. The second-order valence-corrected chi connectivity index (χ2v) is 14.6. The number of benzene rings is 4. The van der Waals surface area contributed by atoms with E-state index in [-0.39, 0.29) is 5.41 Å². The summed E-state index contributed by atoms with van der Waals surface area (Å²) in [5, 5.41) is 0. The molecule has 202 valence electrons. The minimum atomic E-state index is -2.09. The highest BCUT2D eigenvalue weighted by molar-refractivity contribution is 6.65. The maximum absolute atomic E-state index is 5.70. The van der Waals surface area contributed by atoms with Gasteiger partial charge in [-0.1, -0.05) is 75.4 Å². The van der Waals surface area contributed by atoms with Crippen molar-refractivity contribution in [3.63, 3.8) is 0 Å². The molecule has 1 aliphatic rings. The average Bonchev–Trinajstić information content (AvgIpc) is 3.25. The first-order chi connectivity index (χ1) is 18.9. The molecule has 1 atom stereocenters. The molecule has 0 N–H and O–H groups in total. The van der Waals surface area contributed by atoms with E-state index >= 15 is 0 Å². The van der Waals surface area contributed by atoms with Crippen LogP contribution in [0.1, 0.15) is 49.4 Å². The van der Waals surface area contributed by atoms with Crippen LogP contribution >= 0.6 is 0 Å². The average molecular weight is 536 g/mol. The van der Waals surface area contributed by atoms with Crippen LogP contribution in [0.3, 0.4) is 0 Å². The molecule has 0 radical (unpaired) electrons. The molecule has 5 rings (SSSR count). The predicted molar refractivity (Wildman–Crippen MR) is 167 cm³/mol. The van der Waals surface area contributed by atoms with Crippen LogP contribution in [0, 0.1) is 0 Å². The van der Waals surface area contributed by atoms with Crippen LogP contribution in [0.4, 0.5) is 17.1 Å². The van der Waals surface area contributed by atoms with E-state index in [1.54, 1.807) is 14.2 Å². The topological polar surface area (TPSA) is 21.7 Å². The van der Waals surface area contributed by atoms with E-state index in [1.807, 2.05) is 0 Å². The Balaban J connectivity index is 1.55. The zero-order chi connectivity index (χ0) is 27.6. The van der Waals surface area contributed by atoms with Crippen LogP contribution in [0.25, 0.3) is 11.1 Å². The van der Waals surface area contributed by atoms with Gasteiger partial charge in [0.05, 0.1) is 0 Å². The highest BCUT2D eigenvalue weighted by Crippen LogP contribution is 2.52. The van der Waals surface area contributed by atoms with Gasteiger partial charge in [0.25, 0.3) is 0 Å². The van der Waals surface area contributed by atoms with Gasteiger partial charge < -0.3 is 13.8 Å². The summed E-state index contributed by atoms with van der Waals surface area (Å²) in [4.78, 5) is 2.39. The number of hydrogen-bond acceptors (Lipinski definition) is 3. The van der Waals surface area contributed by atoms with Crippen LogP contribution in [0.5, 0.6) is 0 Å². The Labute approximate surface area is 235 Å². The third-order valence-corrected chi connectivity index (χ3v) is 11.8. The van der Waals surface area contributed by atoms with E-state index in [0.29, 0.717) is 0 Å². The molecule has 1 unspecified atom stereocenters. The van der Waals surface area contributed by atoms with Gasteiger partial charge in [0.1, 0.15) is 0 Å². The number of fused-ring (bicyclic) bond motifs is 3. The molecule has 3 nitrogen and oxygen atoms in total. The molecule has 0 saturated heterocycles. The molecule has 0 heterocycles. The third kappa shape index (κ3) is 5.09. The quantitative estimate of drug-likeness (QED) is 0.189. The van der Waals surface area contributed by atoms with E-state index in [1.165, 1.54) is 44.8 Å². The molecule has 39 heavy (non-hydrogen) atoms. The van der Waals surface area contributed by atoms with Crippen molar-refractivity contribution in [1.82, 2.24) is 0 Å². The molecule has 0 bridgehead atoms. The van der Waals surface area contributed by atoms with Crippen molar-refractivity contribution in [1.29, 1.82) is 0 Å². The van der Waals surface area contributed by atoms with Crippen LogP contribution in [0.15, 0.2) is 91.0 Å². The van der Waals surface area contributed by atoms with Gasteiger partial charge in [-0.3, -0.25) is 0 Å². The van der Waals surface area contributed by atoms with Crippen molar-refractivity contribution < 1.29 is 8.85 Å². The van der Waals surface area contributed by atoms with Gasteiger partial charge in [-0.25, -0.2) is 0 Å². The lowest BCUT2D eigenvalue weighted by molar-refractivity contribution is 0.249. The SMILES string of the molecule is CCc1ccc(N(c2ccc(CC[Si](C)(OC)OC)cc2)c2ccc3c(c2)C(C)(CC)c2ccccc2-3)cc1. The third-order valence-electron chi connectivity index (χ3n) is 8.90. The first-order valence-corrected chi connectivity index (χ1v) is 16.7. The maximum atomic E-state index is 5.70. The molecule has 0 aliphatic heterocycles. The van der Waals surface area contributed by atoms with Crippen molar-refractivity contribution in [3.8, 4) is 11.1 Å². The van der Waals surface area contributed by atoms with Crippen LogP contribution in [-0.4, -0.2) is 22.8 Å². The summed E-state index contributed by atoms with van der Waals surface area (Å²) in [7, 11) is 1.43. The van der Waals surface area contributed by atoms with Gasteiger partial charge >= 0.3 is 8.56 Å². The summed E-state index contributed by atoms with van der Waals surface area (Å²) in [6.45, 7) is 9.03.